The zero-order chi connectivity index (χ0) is 14.1. The van der Waals surface area contributed by atoms with Crippen LogP contribution in [0.5, 0.6) is 0 Å². The molecule has 1 aromatic heterocycles. The molecule has 5 nitrogen and oxygen atoms in total. The van der Waals surface area contributed by atoms with E-state index < -0.39 is 0 Å². The number of carbonyl (C=O) groups excluding carboxylic acids is 2. The molecule has 0 unspecified atom stereocenters. The molecular formula is C14H12N3O2Tl. The van der Waals surface area contributed by atoms with Gasteiger partial charge in [-0.15, -0.1) is 0 Å². The van der Waals surface area contributed by atoms with E-state index >= 15 is 0 Å². The Balaban J connectivity index is 1.65. The number of amides is 2. The summed E-state index contributed by atoms with van der Waals surface area (Å²) >= 11 is 0.720. The van der Waals surface area contributed by atoms with Gasteiger partial charge in [0.1, 0.15) is 0 Å². The van der Waals surface area contributed by atoms with Gasteiger partial charge in [0, 0.05) is 0 Å². The number of hydrogen-bond acceptors (Lipinski definition) is 3. The van der Waals surface area contributed by atoms with Crippen LogP contribution in [0.4, 0.5) is 0 Å². The Morgan fingerprint density at radius 1 is 1.10 bits per heavy atom. The van der Waals surface area contributed by atoms with Crippen molar-refractivity contribution in [3.05, 3.63) is 53.6 Å². The van der Waals surface area contributed by atoms with Crippen molar-refractivity contribution in [2.75, 3.05) is 6.54 Å². The van der Waals surface area contributed by atoms with Gasteiger partial charge in [-0.1, -0.05) is 0 Å². The molecule has 0 fully saturated rings. The number of nitrogens with zero attached hydrogens (tertiary/aromatic N) is 3. The molecule has 0 atom stereocenters. The molecular weight excluding hydrogens is 447 g/mol. The van der Waals surface area contributed by atoms with E-state index in [1.165, 1.54) is 4.90 Å². The van der Waals surface area contributed by atoms with E-state index in [0.717, 1.165) is 44.6 Å². The molecule has 2 amide bonds. The topological polar surface area (TPSA) is 55.2 Å². The minimum absolute atomic E-state index is 0.180. The Hall–Kier alpha value is -1.51. The van der Waals surface area contributed by atoms with E-state index in [1.54, 1.807) is 24.3 Å². The molecule has 0 bridgehead atoms. The second-order valence-corrected chi connectivity index (χ2v) is 7.04. The number of fused-ring (bicyclic) bond motifs is 1. The average Bonchev–Trinajstić information content (AvgIpc) is 2.97. The van der Waals surface area contributed by atoms with Crippen LogP contribution < -0.4 is 0 Å². The number of carbonyl (C=O) groups is 2. The standard InChI is InChI=1S/C14H12N3O2.Tl/c18-13-11-5-1-2-6-12(11)14(19)17(13)7-3-4-10-8-15-9-16-10;/h1-2,5-6,8-9H,3-4,7H2;/q-1;+1. The van der Waals surface area contributed by atoms with Gasteiger partial charge in [0.15, 0.2) is 0 Å². The summed E-state index contributed by atoms with van der Waals surface area (Å²) in [5, 5.41) is 0. The van der Waals surface area contributed by atoms with Gasteiger partial charge in [-0.25, -0.2) is 0 Å². The Morgan fingerprint density at radius 3 is 2.30 bits per heavy atom. The molecule has 20 heavy (non-hydrogen) atoms. The van der Waals surface area contributed by atoms with Crippen LogP contribution in [0.1, 0.15) is 32.8 Å². The molecule has 0 saturated carbocycles. The van der Waals surface area contributed by atoms with Crippen LogP contribution in [0.25, 0.3) is 0 Å². The van der Waals surface area contributed by atoms with E-state index in [4.69, 9.17) is 0 Å². The van der Waals surface area contributed by atoms with Gasteiger partial charge in [0.05, 0.1) is 0 Å². The fraction of sp³-hybridized carbons (Fsp3) is 0.214. The predicted molar refractivity (Wildman–Crippen MR) is 73.5 cm³/mol. The second-order valence-electron chi connectivity index (χ2n) is 4.72. The number of hydrogen-bond donors (Lipinski definition) is 0. The van der Waals surface area contributed by atoms with Crippen LogP contribution in [0, 0.1) is 0 Å². The minimum atomic E-state index is -0.180. The SMILES string of the molecule is O=C1c2ccccc2C(=O)N1CCCc1c[n]([Tl])cn1. The maximum absolute atomic E-state index is 12.1. The third-order valence-corrected chi connectivity index (χ3v) is 4.45. The van der Waals surface area contributed by atoms with Gasteiger partial charge in [0.25, 0.3) is 0 Å². The fourth-order valence-electron chi connectivity index (χ4n) is 2.37. The van der Waals surface area contributed by atoms with Crippen LogP contribution in [-0.2, 0) is 6.42 Å². The third kappa shape index (κ3) is 2.41. The summed E-state index contributed by atoms with van der Waals surface area (Å²) in [7, 11) is 0. The first kappa shape index (κ1) is 13.5. The summed E-state index contributed by atoms with van der Waals surface area (Å²) in [6.07, 6.45) is 5.37. The number of imide groups is 1. The Morgan fingerprint density at radius 2 is 1.75 bits per heavy atom. The van der Waals surface area contributed by atoms with E-state index in [0.29, 0.717) is 17.7 Å². The van der Waals surface area contributed by atoms with Crippen LogP contribution in [0.2, 0.25) is 0 Å². The molecule has 1 aliphatic rings. The molecule has 0 N–H and O–H groups in total. The monoisotopic (exact) mass is 459 g/mol. The first-order valence-corrected chi connectivity index (χ1v) is 8.41. The summed E-state index contributed by atoms with van der Waals surface area (Å²) in [4.78, 5) is 29.9. The zero-order valence-electron chi connectivity index (χ0n) is 10.8. The Kier molecular flexibility index (Phi) is 3.69. The summed E-state index contributed by atoms with van der Waals surface area (Å²) in [5.74, 6) is -0.360. The second kappa shape index (κ2) is 5.47. The third-order valence-electron chi connectivity index (χ3n) is 3.35. The van der Waals surface area contributed by atoms with Crippen molar-refractivity contribution in [2.45, 2.75) is 12.8 Å². The number of rotatable bonds is 4. The van der Waals surface area contributed by atoms with Gasteiger partial charge in [-0.2, -0.15) is 0 Å². The van der Waals surface area contributed by atoms with E-state index in [9.17, 15) is 9.59 Å². The van der Waals surface area contributed by atoms with Crippen LogP contribution in [0.3, 0.4) is 0 Å². The Bertz CT molecular complexity index is 646. The van der Waals surface area contributed by atoms with Crippen molar-refractivity contribution in [3.8, 4) is 0 Å². The first-order valence-electron chi connectivity index (χ1n) is 6.40. The first-order chi connectivity index (χ1) is 9.66. The molecule has 0 spiro atoms. The van der Waals surface area contributed by atoms with Crippen LogP contribution >= 0.6 is 0 Å². The van der Waals surface area contributed by atoms with Crippen molar-refractivity contribution >= 4 is 37.9 Å². The summed E-state index contributed by atoms with van der Waals surface area (Å²) in [6, 6.07) is 6.98. The van der Waals surface area contributed by atoms with Gasteiger partial charge < -0.3 is 0 Å². The number of imidazole rings is 1. The van der Waals surface area contributed by atoms with E-state index in [2.05, 4.69) is 7.36 Å². The molecule has 3 rings (SSSR count). The van der Waals surface area contributed by atoms with E-state index in [1.807, 2.05) is 12.5 Å². The van der Waals surface area contributed by atoms with Crippen molar-refractivity contribution in [1.82, 2.24) is 12.3 Å². The van der Waals surface area contributed by atoms with Crippen molar-refractivity contribution in [3.63, 3.8) is 0 Å². The van der Waals surface area contributed by atoms with Crippen LogP contribution in [0.15, 0.2) is 36.8 Å². The van der Waals surface area contributed by atoms with Crippen molar-refractivity contribution < 1.29 is 9.59 Å². The summed E-state index contributed by atoms with van der Waals surface area (Å²) in [5.41, 5.74) is 2.05. The summed E-state index contributed by atoms with van der Waals surface area (Å²) < 4.78 is 2.05. The molecule has 1 aliphatic heterocycles. The number of benzene rings is 1. The van der Waals surface area contributed by atoms with Crippen molar-refractivity contribution in [1.29, 1.82) is 0 Å². The quantitative estimate of drug-likeness (QED) is 0.508. The molecule has 6 heteroatoms. The number of aromatic nitrogens is 2. The molecule has 0 radical (unpaired) electrons. The van der Waals surface area contributed by atoms with Crippen LogP contribution in [-0.4, -0.2) is 56.7 Å². The molecule has 1 aromatic carbocycles. The Labute approximate surface area is 132 Å². The normalized spacial score (nSPS) is 13.8. The molecule has 0 aliphatic carbocycles. The fourth-order valence-corrected chi connectivity index (χ4v) is 3.30. The molecule has 2 aromatic rings. The van der Waals surface area contributed by atoms with Gasteiger partial charge in [0.2, 0.25) is 0 Å². The van der Waals surface area contributed by atoms with E-state index in [-0.39, 0.29) is 11.8 Å². The average molecular weight is 459 g/mol. The van der Waals surface area contributed by atoms with Crippen molar-refractivity contribution in [2.24, 2.45) is 0 Å². The molecule has 2 heterocycles. The van der Waals surface area contributed by atoms with Gasteiger partial charge >= 0.3 is 133 Å². The van der Waals surface area contributed by atoms with Gasteiger partial charge in [-0.3, -0.25) is 0 Å². The van der Waals surface area contributed by atoms with Gasteiger partial charge in [-0.05, 0) is 0 Å². The predicted octanol–water partition coefficient (Wildman–Crippen LogP) is 1.04. The maximum atomic E-state index is 12.1. The molecule has 0 saturated heterocycles. The molecule has 98 valence electrons. The zero-order valence-corrected chi connectivity index (χ0v) is 15.3. The summed E-state index contributed by atoms with van der Waals surface area (Å²) in [6.45, 7) is 0.447. The number of aryl methyl sites for hydroxylation is 1.